The van der Waals surface area contributed by atoms with Gasteiger partial charge < -0.3 is 57.3 Å². The van der Waals surface area contributed by atoms with Crippen molar-refractivity contribution in [3.8, 4) is 0 Å². The lowest BCUT2D eigenvalue weighted by Crippen LogP contribution is -2.04. The SMILES string of the molecule is Cc1cc2c(CCN)cccc2nc1N.Cc1cc2c(CCN)cccc2nc1N.Cc1cc2c(CCN)cccc2nc1N.Cc1cc2c(Cc3ccc(CN)cc3)cccc2nc1N.Cc1cc2c(Cc3cccc(CN)c3)cccc2nc1N. The predicted octanol–water partition coefficient (Wildman–Crippen LogP) is 11.2. The third kappa shape index (κ3) is 16.2. The van der Waals surface area contributed by atoms with E-state index in [0.717, 1.165) is 115 Å². The standard InChI is InChI=1S/2C18H19N3.3C12H15N3/c1-12-8-16-15(6-3-7-17(16)21-18(12)20)10-13-4-2-5-14(9-13)11-19;1-12-9-16-15(3-2-4-17(16)21-18(12)20)10-13-5-7-14(11-19)8-6-13;3*1-8-7-10-9(5-6-13)3-2-4-11(10)15-12(8)14/h2*2-9H,10-11,19H2,1H3,(H2,20,21);3*2-4,7H,5-6,13H2,1H3,(H2,14,15). The number of hydrogen-bond acceptors (Lipinski definition) is 15. The van der Waals surface area contributed by atoms with Crippen molar-refractivity contribution < 1.29 is 0 Å². The van der Waals surface area contributed by atoms with Gasteiger partial charge in [-0.1, -0.05) is 109 Å². The molecule has 446 valence electrons. The first-order valence-electron chi connectivity index (χ1n) is 29.4. The van der Waals surface area contributed by atoms with Crippen LogP contribution in [0.25, 0.3) is 54.5 Å². The van der Waals surface area contributed by atoms with Crippen LogP contribution in [-0.4, -0.2) is 44.6 Å². The summed E-state index contributed by atoms with van der Waals surface area (Å²) in [5, 5.41) is 5.83. The van der Waals surface area contributed by atoms with Crippen LogP contribution in [0.2, 0.25) is 0 Å². The quantitative estimate of drug-likeness (QED) is 0.0544. The number of nitrogen functional groups attached to an aromatic ring is 5. The number of aryl methyl sites for hydroxylation is 5. The Morgan fingerprint density at radius 3 is 0.816 bits per heavy atom. The van der Waals surface area contributed by atoms with Gasteiger partial charge in [0.1, 0.15) is 29.1 Å². The Kier molecular flexibility index (Phi) is 21.8. The minimum absolute atomic E-state index is 0.570. The molecule has 0 unspecified atom stereocenters. The average Bonchev–Trinajstić information content (AvgIpc) is 1.96. The summed E-state index contributed by atoms with van der Waals surface area (Å²) in [5.74, 6) is 3.02. The number of pyridine rings is 5. The number of anilines is 5. The molecule has 15 nitrogen and oxygen atoms in total. The molecule has 12 aromatic rings. The van der Waals surface area contributed by atoms with Gasteiger partial charge in [0.15, 0.2) is 0 Å². The molecule has 5 heterocycles. The number of hydrogen-bond donors (Lipinski definition) is 10. The van der Waals surface area contributed by atoms with Gasteiger partial charge in [0, 0.05) is 40.0 Å². The monoisotopic (exact) mass is 1160 g/mol. The van der Waals surface area contributed by atoms with Gasteiger partial charge in [-0.3, -0.25) is 0 Å². The predicted molar refractivity (Wildman–Crippen MR) is 367 cm³/mol. The second-order valence-corrected chi connectivity index (χ2v) is 21.9. The van der Waals surface area contributed by atoms with Crippen LogP contribution in [-0.2, 0) is 45.2 Å². The Balaban J connectivity index is 0.000000142. The Morgan fingerprint density at radius 2 is 0.517 bits per heavy atom. The molecule has 5 aromatic heterocycles. The Bertz CT molecular complexity index is 4090. The molecule has 0 saturated carbocycles. The highest BCUT2D eigenvalue weighted by atomic mass is 14.9. The van der Waals surface area contributed by atoms with Gasteiger partial charge in [0.25, 0.3) is 0 Å². The molecule has 0 bridgehead atoms. The van der Waals surface area contributed by atoms with E-state index in [9.17, 15) is 0 Å². The summed E-state index contributed by atoms with van der Waals surface area (Å²) in [6.07, 6.45) is 4.39. The molecule has 87 heavy (non-hydrogen) atoms. The fourth-order valence-electron chi connectivity index (χ4n) is 10.4. The molecule has 0 spiro atoms. The highest BCUT2D eigenvalue weighted by molar-refractivity contribution is 5.88. The van der Waals surface area contributed by atoms with E-state index >= 15 is 0 Å². The van der Waals surface area contributed by atoms with E-state index < -0.39 is 0 Å². The summed E-state index contributed by atoms with van der Waals surface area (Å²) < 4.78 is 0. The van der Waals surface area contributed by atoms with Gasteiger partial charge in [0.2, 0.25) is 0 Å². The van der Waals surface area contributed by atoms with E-state index in [1.165, 1.54) is 49.7 Å². The summed E-state index contributed by atoms with van der Waals surface area (Å²) >= 11 is 0. The lowest BCUT2D eigenvalue weighted by atomic mass is 9.98. The van der Waals surface area contributed by atoms with Gasteiger partial charge in [-0.15, -0.1) is 0 Å². The van der Waals surface area contributed by atoms with E-state index in [2.05, 4.69) is 134 Å². The molecular weight excluding hydrogens is 1070 g/mol. The Hall–Kier alpha value is -9.61. The van der Waals surface area contributed by atoms with E-state index in [1.807, 2.05) is 95.3 Å². The summed E-state index contributed by atoms with van der Waals surface area (Å²) in [4.78, 5) is 22.0. The van der Waals surface area contributed by atoms with E-state index in [-0.39, 0.29) is 0 Å². The molecule has 0 radical (unpaired) electrons. The number of rotatable bonds is 12. The zero-order chi connectivity index (χ0) is 62.1. The molecule has 0 aliphatic rings. The maximum atomic E-state index is 5.90. The van der Waals surface area contributed by atoms with Crippen molar-refractivity contribution in [1.82, 2.24) is 24.9 Å². The van der Waals surface area contributed by atoms with Gasteiger partial charge in [0.05, 0.1) is 27.6 Å². The fraction of sp³-hybridized carbons (Fsp3) is 0.208. The molecular formula is C72H83N15. The van der Waals surface area contributed by atoms with E-state index in [1.54, 1.807) is 0 Å². The summed E-state index contributed by atoms with van der Waals surface area (Å²) in [6, 6.07) is 57.9. The van der Waals surface area contributed by atoms with Gasteiger partial charge >= 0.3 is 0 Å². The van der Waals surface area contributed by atoms with Crippen LogP contribution in [0.15, 0.2) is 170 Å². The zero-order valence-electron chi connectivity index (χ0n) is 50.7. The number of aromatic nitrogens is 5. The first-order chi connectivity index (χ1) is 42.0. The third-order valence-corrected chi connectivity index (χ3v) is 15.4. The normalized spacial score (nSPS) is 10.9. The van der Waals surface area contributed by atoms with E-state index in [4.69, 9.17) is 57.3 Å². The van der Waals surface area contributed by atoms with Crippen LogP contribution in [0.4, 0.5) is 29.1 Å². The lowest BCUT2D eigenvalue weighted by molar-refractivity contribution is 0.976. The molecule has 12 rings (SSSR count). The molecule has 0 saturated heterocycles. The fourth-order valence-corrected chi connectivity index (χ4v) is 10.4. The summed E-state index contributed by atoms with van der Waals surface area (Å²) in [6.45, 7) is 13.0. The lowest BCUT2D eigenvalue weighted by Gasteiger charge is -2.09. The minimum Gasteiger partial charge on any atom is -0.383 e. The van der Waals surface area contributed by atoms with Crippen LogP contribution in [0.1, 0.15) is 77.9 Å². The Labute approximate surface area is 510 Å². The van der Waals surface area contributed by atoms with Crippen molar-refractivity contribution in [2.45, 2.75) is 79.8 Å². The van der Waals surface area contributed by atoms with Crippen molar-refractivity contribution in [2.75, 3.05) is 48.3 Å². The molecule has 20 N–H and O–H groups in total. The van der Waals surface area contributed by atoms with Crippen molar-refractivity contribution in [2.24, 2.45) is 28.7 Å². The second-order valence-electron chi connectivity index (χ2n) is 21.9. The van der Waals surface area contributed by atoms with Crippen LogP contribution < -0.4 is 57.3 Å². The topological polar surface area (TPSA) is 325 Å². The second kappa shape index (κ2) is 30.0. The molecule has 0 atom stereocenters. The van der Waals surface area contributed by atoms with E-state index in [0.29, 0.717) is 61.8 Å². The zero-order valence-corrected chi connectivity index (χ0v) is 50.7. The average molecular weight is 1160 g/mol. The minimum atomic E-state index is 0.570. The smallest absolute Gasteiger partial charge is 0.127 e. The number of nitrogens with zero attached hydrogens (tertiary/aromatic N) is 5. The van der Waals surface area contributed by atoms with Crippen molar-refractivity contribution in [3.63, 3.8) is 0 Å². The summed E-state index contributed by atoms with van der Waals surface area (Å²) in [7, 11) is 0. The molecule has 0 fully saturated rings. The first kappa shape index (κ1) is 63.4. The van der Waals surface area contributed by atoms with Crippen molar-refractivity contribution in [1.29, 1.82) is 0 Å². The number of nitrogens with two attached hydrogens (primary N) is 10. The van der Waals surface area contributed by atoms with Crippen LogP contribution >= 0.6 is 0 Å². The van der Waals surface area contributed by atoms with Crippen molar-refractivity contribution >= 4 is 83.6 Å². The molecule has 0 aliphatic carbocycles. The highest BCUT2D eigenvalue weighted by Gasteiger charge is 2.11. The van der Waals surface area contributed by atoms with Crippen LogP contribution in [0.5, 0.6) is 0 Å². The molecule has 0 amide bonds. The first-order valence-corrected chi connectivity index (χ1v) is 29.4. The summed E-state index contributed by atoms with van der Waals surface area (Å²) in [5.41, 5.74) is 78.1. The Morgan fingerprint density at radius 1 is 0.264 bits per heavy atom. The van der Waals surface area contributed by atoms with Gasteiger partial charge in [-0.25, -0.2) is 24.9 Å². The molecule has 0 aliphatic heterocycles. The maximum Gasteiger partial charge on any atom is 0.127 e. The largest absolute Gasteiger partial charge is 0.383 e. The number of fused-ring (bicyclic) bond motifs is 5. The van der Waals surface area contributed by atoms with Crippen molar-refractivity contribution in [3.05, 3.63) is 248 Å². The van der Waals surface area contributed by atoms with Crippen LogP contribution in [0, 0.1) is 34.6 Å². The highest BCUT2D eigenvalue weighted by Crippen LogP contribution is 2.28. The molecule has 15 heteroatoms. The molecule has 7 aromatic carbocycles. The third-order valence-electron chi connectivity index (χ3n) is 15.4. The van der Waals surface area contributed by atoms with Crippen LogP contribution in [0.3, 0.4) is 0 Å². The maximum absolute atomic E-state index is 5.90. The van der Waals surface area contributed by atoms with Gasteiger partial charge in [-0.2, -0.15) is 0 Å². The number of benzene rings is 7. The van der Waals surface area contributed by atoms with Gasteiger partial charge in [-0.05, 0) is 225 Å².